The number of carbonyl (C=O) groups excluding carboxylic acids is 2. The smallest absolute Gasteiger partial charge is 0.302 e. The summed E-state index contributed by atoms with van der Waals surface area (Å²) < 4.78 is 5.73. The summed E-state index contributed by atoms with van der Waals surface area (Å²) in [5, 5.41) is 0. The first-order valence-corrected chi connectivity index (χ1v) is 10.1. The Bertz CT molecular complexity index is 637. The minimum Gasteiger partial charge on any atom is -0.462 e. The Labute approximate surface area is 151 Å². The normalized spacial score (nSPS) is 51.4. The number of allylic oxidation sites excluding steroid dienone is 2. The average molecular weight is 344 g/mol. The molecule has 0 N–H and O–H groups in total. The highest BCUT2D eigenvalue weighted by molar-refractivity contribution is 5.96. The highest BCUT2D eigenvalue weighted by Crippen LogP contribution is 2.71. The van der Waals surface area contributed by atoms with Crippen LogP contribution in [0.5, 0.6) is 0 Å². The molecule has 0 amide bonds. The van der Waals surface area contributed by atoms with E-state index in [1.807, 2.05) is 6.08 Å². The Balaban J connectivity index is 1.68. The predicted octanol–water partition coefficient (Wildman–Crippen LogP) is 4.70. The maximum atomic E-state index is 13.0. The molecule has 138 valence electrons. The van der Waals surface area contributed by atoms with E-state index >= 15 is 0 Å². The molecule has 4 aliphatic carbocycles. The van der Waals surface area contributed by atoms with Crippen LogP contribution in [-0.4, -0.2) is 17.9 Å². The number of ketones is 1. The molecule has 0 bridgehead atoms. The molecule has 0 unspecified atom stereocenters. The van der Waals surface area contributed by atoms with Crippen LogP contribution in [0.15, 0.2) is 12.2 Å². The predicted molar refractivity (Wildman–Crippen MR) is 96.8 cm³/mol. The largest absolute Gasteiger partial charge is 0.462 e. The fourth-order valence-corrected chi connectivity index (χ4v) is 7.42. The molecule has 3 fully saturated rings. The van der Waals surface area contributed by atoms with E-state index in [2.05, 4.69) is 26.8 Å². The third kappa shape index (κ3) is 2.16. The lowest BCUT2D eigenvalue weighted by atomic mass is 9.55. The summed E-state index contributed by atoms with van der Waals surface area (Å²) >= 11 is 0. The minimum atomic E-state index is -0.222. The first-order valence-electron chi connectivity index (χ1n) is 10.1. The zero-order valence-electron chi connectivity index (χ0n) is 16.1. The van der Waals surface area contributed by atoms with Gasteiger partial charge in [0.05, 0.1) is 0 Å². The molecule has 0 heterocycles. The molecule has 3 heteroatoms. The van der Waals surface area contributed by atoms with Gasteiger partial charge in [-0.3, -0.25) is 9.59 Å². The molecule has 3 saturated carbocycles. The number of fused-ring (bicyclic) bond motifs is 5. The zero-order chi connectivity index (χ0) is 18.0. The summed E-state index contributed by atoms with van der Waals surface area (Å²) in [6.45, 7) is 8.50. The molecule has 0 spiro atoms. The summed E-state index contributed by atoms with van der Waals surface area (Å²) in [5.41, 5.74) is -0.0127. The van der Waals surface area contributed by atoms with E-state index in [4.69, 9.17) is 4.74 Å². The lowest BCUT2D eigenvalue weighted by molar-refractivity contribution is -0.155. The molecular weight excluding hydrogens is 312 g/mol. The molecule has 25 heavy (non-hydrogen) atoms. The number of carbonyl (C=O) groups is 2. The SMILES string of the molecule is CC(=O)O[C@@H]1CC[C@H]2[C@H]3C[C@@]4(C)C(=O)C=CCC[C@]4(C)[C@@H]3CC[C@]12C. The van der Waals surface area contributed by atoms with Crippen LogP contribution < -0.4 is 0 Å². The van der Waals surface area contributed by atoms with Gasteiger partial charge >= 0.3 is 5.97 Å². The van der Waals surface area contributed by atoms with Crippen LogP contribution in [0.25, 0.3) is 0 Å². The van der Waals surface area contributed by atoms with Crippen LogP contribution in [0, 0.1) is 34.0 Å². The van der Waals surface area contributed by atoms with Crippen molar-refractivity contribution in [2.45, 2.75) is 78.7 Å². The lowest BCUT2D eigenvalue weighted by Crippen LogP contribution is -2.46. The van der Waals surface area contributed by atoms with Crippen molar-refractivity contribution < 1.29 is 14.3 Å². The van der Waals surface area contributed by atoms with Crippen LogP contribution in [0.4, 0.5) is 0 Å². The van der Waals surface area contributed by atoms with Crippen molar-refractivity contribution >= 4 is 11.8 Å². The molecular formula is C22H32O3. The highest BCUT2D eigenvalue weighted by Gasteiger charge is 2.67. The second kappa shape index (κ2) is 5.44. The van der Waals surface area contributed by atoms with E-state index in [-0.39, 0.29) is 28.3 Å². The maximum Gasteiger partial charge on any atom is 0.302 e. The average Bonchev–Trinajstić information content (AvgIpc) is 2.94. The van der Waals surface area contributed by atoms with E-state index in [0.717, 1.165) is 38.5 Å². The second-order valence-electron chi connectivity index (χ2n) is 9.86. The Morgan fingerprint density at radius 1 is 1.12 bits per heavy atom. The van der Waals surface area contributed by atoms with Crippen LogP contribution in [-0.2, 0) is 14.3 Å². The van der Waals surface area contributed by atoms with Crippen molar-refractivity contribution in [2.24, 2.45) is 34.0 Å². The van der Waals surface area contributed by atoms with E-state index in [0.29, 0.717) is 23.5 Å². The van der Waals surface area contributed by atoms with Crippen molar-refractivity contribution in [2.75, 3.05) is 0 Å². The molecule has 0 aromatic carbocycles. The zero-order valence-corrected chi connectivity index (χ0v) is 16.1. The Morgan fingerprint density at radius 3 is 2.60 bits per heavy atom. The van der Waals surface area contributed by atoms with Gasteiger partial charge in [0.2, 0.25) is 0 Å². The van der Waals surface area contributed by atoms with Crippen LogP contribution in [0.3, 0.4) is 0 Å². The fraction of sp³-hybridized carbons (Fsp3) is 0.818. The Kier molecular flexibility index (Phi) is 3.76. The van der Waals surface area contributed by atoms with Gasteiger partial charge in [0, 0.05) is 17.8 Å². The minimum absolute atomic E-state index is 0.0672. The van der Waals surface area contributed by atoms with Crippen molar-refractivity contribution in [3.8, 4) is 0 Å². The quantitative estimate of drug-likeness (QED) is 0.648. The summed E-state index contributed by atoms with van der Waals surface area (Å²) in [6, 6.07) is 0. The van der Waals surface area contributed by atoms with Gasteiger partial charge in [-0.15, -0.1) is 0 Å². The first-order chi connectivity index (χ1) is 11.7. The third-order valence-electron chi connectivity index (χ3n) is 9.02. The van der Waals surface area contributed by atoms with Gasteiger partial charge in [0.1, 0.15) is 6.10 Å². The number of hydrogen-bond acceptors (Lipinski definition) is 3. The van der Waals surface area contributed by atoms with E-state index in [1.165, 1.54) is 13.3 Å². The number of esters is 1. The van der Waals surface area contributed by atoms with E-state index < -0.39 is 0 Å². The van der Waals surface area contributed by atoms with Crippen LogP contribution in [0.2, 0.25) is 0 Å². The van der Waals surface area contributed by atoms with Gasteiger partial charge < -0.3 is 4.74 Å². The van der Waals surface area contributed by atoms with Gasteiger partial charge in [0.25, 0.3) is 0 Å². The monoisotopic (exact) mass is 344 g/mol. The van der Waals surface area contributed by atoms with Gasteiger partial charge in [-0.2, -0.15) is 0 Å². The maximum absolute atomic E-state index is 13.0. The lowest BCUT2D eigenvalue weighted by Gasteiger charge is -2.50. The molecule has 0 saturated heterocycles. The van der Waals surface area contributed by atoms with E-state index in [9.17, 15) is 9.59 Å². The van der Waals surface area contributed by atoms with Crippen molar-refractivity contribution in [1.29, 1.82) is 0 Å². The third-order valence-corrected chi connectivity index (χ3v) is 9.02. The molecule has 3 nitrogen and oxygen atoms in total. The van der Waals surface area contributed by atoms with Crippen molar-refractivity contribution in [1.82, 2.24) is 0 Å². The Morgan fingerprint density at radius 2 is 1.88 bits per heavy atom. The standard InChI is InChI=1S/C22H32O3/c1-14(23)25-19-9-8-16-15-13-22(4)18(24)7-5-6-11-21(22,3)17(15)10-12-20(16,19)2/h5,7,15-17,19H,6,8-13H2,1-4H3/t15-,16+,17-,19-,20+,21-,22+/m1/s1. The molecule has 4 rings (SSSR count). The summed E-state index contributed by atoms with van der Waals surface area (Å²) in [5.74, 6) is 2.02. The van der Waals surface area contributed by atoms with Gasteiger partial charge in [0.15, 0.2) is 5.78 Å². The highest BCUT2D eigenvalue weighted by atomic mass is 16.5. The van der Waals surface area contributed by atoms with Crippen molar-refractivity contribution in [3.05, 3.63) is 12.2 Å². The summed E-state index contributed by atoms with van der Waals surface area (Å²) in [6.07, 6.45) is 11.6. The molecule has 0 aromatic heterocycles. The molecule has 7 atom stereocenters. The van der Waals surface area contributed by atoms with Gasteiger partial charge in [-0.25, -0.2) is 0 Å². The number of hydrogen-bond donors (Lipinski definition) is 0. The van der Waals surface area contributed by atoms with Gasteiger partial charge in [-0.05, 0) is 74.2 Å². The number of ether oxygens (including phenoxy) is 1. The molecule has 0 radical (unpaired) electrons. The fourth-order valence-electron chi connectivity index (χ4n) is 7.42. The van der Waals surface area contributed by atoms with Gasteiger partial charge in [-0.1, -0.05) is 26.8 Å². The van der Waals surface area contributed by atoms with Crippen LogP contribution >= 0.6 is 0 Å². The summed E-state index contributed by atoms with van der Waals surface area (Å²) in [7, 11) is 0. The topological polar surface area (TPSA) is 43.4 Å². The Hall–Kier alpha value is -1.12. The molecule has 0 aliphatic heterocycles. The van der Waals surface area contributed by atoms with Crippen molar-refractivity contribution in [3.63, 3.8) is 0 Å². The number of rotatable bonds is 1. The first kappa shape index (κ1) is 17.3. The molecule has 0 aromatic rings. The molecule has 4 aliphatic rings. The summed E-state index contributed by atoms with van der Waals surface area (Å²) in [4.78, 5) is 24.5. The second-order valence-corrected chi connectivity index (χ2v) is 9.86. The van der Waals surface area contributed by atoms with E-state index in [1.54, 1.807) is 0 Å². The van der Waals surface area contributed by atoms with Crippen LogP contribution in [0.1, 0.15) is 72.6 Å².